The zero-order valence-corrected chi connectivity index (χ0v) is 14.4. The summed E-state index contributed by atoms with van der Waals surface area (Å²) in [4.78, 5) is 11.0. The number of anilines is 1. The summed E-state index contributed by atoms with van der Waals surface area (Å²) in [5.41, 5.74) is 7.60. The molecule has 0 aliphatic carbocycles. The van der Waals surface area contributed by atoms with Crippen LogP contribution >= 0.6 is 28.1 Å². The van der Waals surface area contributed by atoms with Crippen LogP contribution < -0.4 is 16.4 Å². The van der Waals surface area contributed by atoms with Gasteiger partial charge in [-0.1, -0.05) is 28.1 Å². The van der Waals surface area contributed by atoms with Crippen LogP contribution in [0.25, 0.3) is 0 Å². The van der Waals surface area contributed by atoms with Gasteiger partial charge in [-0.15, -0.1) is 0 Å². The van der Waals surface area contributed by atoms with Gasteiger partial charge in [0.15, 0.2) is 5.11 Å². The van der Waals surface area contributed by atoms with Crippen LogP contribution in [0, 0.1) is 0 Å². The van der Waals surface area contributed by atoms with Gasteiger partial charge in [0, 0.05) is 15.7 Å². The van der Waals surface area contributed by atoms with Crippen LogP contribution in [-0.2, 0) is 0 Å². The number of hydrogen-bond donors (Lipinski definition) is 3. The van der Waals surface area contributed by atoms with Crippen molar-refractivity contribution in [2.75, 3.05) is 5.32 Å². The molecule has 1 atom stereocenters. The molecular weight excluding hydrogens is 362 g/mol. The van der Waals surface area contributed by atoms with Gasteiger partial charge in [0.2, 0.25) is 5.91 Å². The number of primary amides is 1. The maximum atomic E-state index is 11.0. The summed E-state index contributed by atoms with van der Waals surface area (Å²) in [5.74, 6) is -0.448. The molecule has 1 amide bonds. The van der Waals surface area contributed by atoms with Gasteiger partial charge in [-0.3, -0.25) is 4.79 Å². The SMILES string of the molecule is CC(NC(=S)Nc1ccc(C(N)=O)cc1)c1ccc(Br)cc1. The van der Waals surface area contributed by atoms with Gasteiger partial charge in [0.25, 0.3) is 0 Å². The molecule has 2 aromatic carbocycles. The van der Waals surface area contributed by atoms with E-state index < -0.39 is 5.91 Å². The molecule has 0 spiro atoms. The van der Waals surface area contributed by atoms with Crippen molar-refractivity contribution in [3.8, 4) is 0 Å². The van der Waals surface area contributed by atoms with Crippen molar-refractivity contribution < 1.29 is 4.79 Å². The monoisotopic (exact) mass is 377 g/mol. The van der Waals surface area contributed by atoms with Gasteiger partial charge in [0.1, 0.15) is 0 Å². The second-order valence-electron chi connectivity index (χ2n) is 4.81. The first-order chi connectivity index (χ1) is 10.5. The number of nitrogens with one attached hydrogen (secondary N) is 2. The highest BCUT2D eigenvalue weighted by atomic mass is 79.9. The normalized spacial score (nSPS) is 11.5. The Balaban J connectivity index is 1.94. The van der Waals surface area contributed by atoms with Crippen LogP contribution in [0.4, 0.5) is 5.69 Å². The second kappa shape index (κ2) is 7.38. The Bertz CT molecular complexity index is 671. The summed E-state index contributed by atoms with van der Waals surface area (Å²) in [7, 11) is 0. The molecule has 2 aromatic rings. The largest absolute Gasteiger partial charge is 0.366 e. The van der Waals surface area contributed by atoms with Crippen LogP contribution in [0.15, 0.2) is 53.0 Å². The van der Waals surface area contributed by atoms with E-state index in [0.717, 1.165) is 15.7 Å². The van der Waals surface area contributed by atoms with E-state index in [1.807, 2.05) is 31.2 Å². The Morgan fingerprint density at radius 2 is 1.73 bits per heavy atom. The summed E-state index contributed by atoms with van der Waals surface area (Å²) < 4.78 is 1.04. The van der Waals surface area contributed by atoms with Crippen molar-refractivity contribution in [3.63, 3.8) is 0 Å². The highest BCUT2D eigenvalue weighted by Crippen LogP contribution is 2.17. The van der Waals surface area contributed by atoms with Crippen LogP contribution in [0.2, 0.25) is 0 Å². The minimum atomic E-state index is -0.448. The Hall–Kier alpha value is -1.92. The number of benzene rings is 2. The summed E-state index contributed by atoms with van der Waals surface area (Å²) in [6.45, 7) is 2.04. The molecule has 0 saturated carbocycles. The number of rotatable bonds is 4. The molecule has 0 aromatic heterocycles. The third-order valence-electron chi connectivity index (χ3n) is 3.14. The third-order valence-corrected chi connectivity index (χ3v) is 3.89. The van der Waals surface area contributed by atoms with Crippen molar-refractivity contribution in [3.05, 3.63) is 64.1 Å². The molecule has 4 N–H and O–H groups in total. The van der Waals surface area contributed by atoms with Gasteiger partial charge >= 0.3 is 0 Å². The summed E-state index contributed by atoms with van der Waals surface area (Å²) >= 11 is 8.71. The molecule has 2 rings (SSSR count). The highest BCUT2D eigenvalue weighted by molar-refractivity contribution is 9.10. The number of carbonyl (C=O) groups is 1. The molecule has 22 heavy (non-hydrogen) atoms. The fourth-order valence-electron chi connectivity index (χ4n) is 1.92. The maximum absolute atomic E-state index is 11.0. The van der Waals surface area contributed by atoms with Crippen molar-refractivity contribution in [2.45, 2.75) is 13.0 Å². The fraction of sp³-hybridized carbons (Fsp3) is 0.125. The van der Waals surface area contributed by atoms with E-state index in [1.165, 1.54) is 0 Å². The van der Waals surface area contributed by atoms with E-state index in [9.17, 15) is 4.79 Å². The number of nitrogens with two attached hydrogens (primary N) is 1. The van der Waals surface area contributed by atoms with E-state index in [-0.39, 0.29) is 6.04 Å². The smallest absolute Gasteiger partial charge is 0.248 e. The predicted octanol–water partition coefficient (Wildman–Crippen LogP) is 3.60. The average molecular weight is 378 g/mol. The van der Waals surface area contributed by atoms with Crippen LogP contribution in [0.3, 0.4) is 0 Å². The second-order valence-corrected chi connectivity index (χ2v) is 6.14. The summed E-state index contributed by atoms with van der Waals surface area (Å²) in [6.07, 6.45) is 0. The number of hydrogen-bond acceptors (Lipinski definition) is 2. The minimum Gasteiger partial charge on any atom is -0.366 e. The number of thiocarbonyl (C=S) groups is 1. The molecule has 0 saturated heterocycles. The molecule has 0 bridgehead atoms. The molecule has 0 radical (unpaired) electrons. The van der Waals surface area contributed by atoms with Gasteiger partial charge in [0.05, 0.1) is 6.04 Å². The number of carbonyl (C=O) groups excluding carboxylic acids is 1. The van der Waals surface area contributed by atoms with E-state index in [2.05, 4.69) is 26.6 Å². The standard InChI is InChI=1S/C16H16BrN3OS/c1-10(11-2-6-13(17)7-3-11)19-16(22)20-14-8-4-12(5-9-14)15(18)21/h2-10H,1H3,(H2,18,21)(H2,19,20,22). The lowest BCUT2D eigenvalue weighted by atomic mass is 10.1. The quantitative estimate of drug-likeness (QED) is 0.712. The summed E-state index contributed by atoms with van der Waals surface area (Å²) in [6, 6.07) is 15.0. The maximum Gasteiger partial charge on any atom is 0.248 e. The highest BCUT2D eigenvalue weighted by Gasteiger charge is 2.07. The summed E-state index contributed by atoms with van der Waals surface area (Å²) in [5, 5.41) is 6.81. The van der Waals surface area contributed by atoms with Gasteiger partial charge < -0.3 is 16.4 Å². The molecule has 114 valence electrons. The minimum absolute atomic E-state index is 0.0815. The number of halogens is 1. The van der Waals surface area contributed by atoms with E-state index in [4.69, 9.17) is 18.0 Å². The van der Waals surface area contributed by atoms with Crippen molar-refractivity contribution >= 4 is 44.9 Å². The predicted molar refractivity (Wildman–Crippen MR) is 96.9 cm³/mol. The first-order valence-electron chi connectivity index (χ1n) is 6.68. The fourth-order valence-corrected chi connectivity index (χ4v) is 2.48. The zero-order valence-electron chi connectivity index (χ0n) is 12.0. The van der Waals surface area contributed by atoms with Crippen molar-refractivity contribution in [1.29, 1.82) is 0 Å². The van der Waals surface area contributed by atoms with Gasteiger partial charge in [-0.25, -0.2) is 0 Å². The van der Waals surface area contributed by atoms with Crippen molar-refractivity contribution in [2.24, 2.45) is 5.73 Å². The Morgan fingerprint density at radius 1 is 1.14 bits per heavy atom. The molecule has 0 fully saturated rings. The average Bonchev–Trinajstić information content (AvgIpc) is 2.48. The molecule has 4 nitrogen and oxygen atoms in total. The van der Waals surface area contributed by atoms with Crippen molar-refractivity contribution in [1.82, 2.24) is 5.32 Å². The molecule has 0 heterocycles. The lowest BCUT2D eigenvalue weighted by molar-refractivity contribution is 0.100. The number of amides is 1. The Morgan fingerprint density at radius 3 is 2.27 bits per heavy atom. The van der Waals surface area contributed by atoms with Gasteiger partial charge in [-0.05, 0) is 61.1 Å². The van der Waals surface area contributed by atoms with E-state index >= 15 is 0 Å². The topological polar surface area (TPSA) is 67.2 Å². The molecule has 1 unspecified atom stereocenters. The Labute approximate surface area is 143 Å². The van der Waals surface area contributed by atoms with Gasteiger partial charge in [-0.2, -0.15) is 0 Å². The van der Waals surface area contributed by atoms with E-state index in [0.29, 0.717) is 10.7 Å². The zero-order chi connectivity index (χ0) is 16.1. The Kier molecular flexibility index (Phi) is 5.51. The van der Waals surface area contributed by atoms with E-state index in [1.54, 1.807) is 24.3 Å². The lowest BCUT2D eigenvalue weighted by Crippen LogP contribution is -2.30. The van der Waals surface area contributed by atoms with Crippen LogP contribution in [0.5, 0.6) is 0 Å². The molecule has 0 aliphatic heterocycles. The molecular formula is C16H16BrN3OS. The first kappa shape index (κ1) is 16.5. The molecule has 6 heteroatoms. The van der Waals surface area contributed by atoms with Crippen LogP contribution in [0.1, 0.15) is 28.9 Å². The third kappa shape index (κ3) is 4.54. The lowest BCUT2D eigenvalue weighted by Gasteiger charge is -2.17. The van der Waals surface area contributed by atoms with Crippen LogP contribution in [-0.4, -0.2) is 11.0 Å². The first-order valence-corrected chi connectivity index (χ1v) is 7.88. The molecule has 0 aliphatic rings.